The summed E-state index contributed by atoms with van der Waals surface area (Å²) in [5, 5.41) is 3.26. The number of carbonyl (C=O) groups excluding carboxylic acids is 1. The minimum atomic E-state index is -0.0927. The van der Waals surface area contributed by atoms with E-state index in [1.807, 2.05) is 6.92 Å². The fourth-order valence-corrected chi connectivity index (χ4v) is 1.60. The molecule has 1 heterocycles. The molecule has 17 heavy (non-hydrogen) atoms. The second kappa shape index (κ2) is 6.01. The van der Waals surface area contributed by atoms with Crippen molar-refractivity contribution in [3.8, 4) is 0 Å². The van der Waals surface area contributed by atoms with Crippen molar-refractivity contribution < 1.29 is 4.79 Å². The SMILES string of the molecule is Cc1cc(C(=O)NCC(C)C(C)C)cc(Cl)n1. The first-order chi connectivity index (χ1) is 7.90. The first kappa shape index (κ1) is 14.0. The molecule has 1 unspecified atom stereocenters. The molecule has 0 saturated heterocycles. The van der Waals surface area contributed by atoms with Gasteiger partial charge < -0.3 is 5.32 Å². The molecule has 0 aromatic carbocycles. The summed E-state index contributed by atoms with van der Waals surface area (Å²) in [6.45, 7) is 8.90. The molecule has 1 N–H and O–H groups in total. The van der Waals surface area contributed by atoms with E-state index in [-0.39, 0.29) is 5.91 Å². The lowest BCUT2D eigenvalue weighted by molar-refractivity contribution is 0.0944. The van der Waals surface area contributed by atoms with E-state index in [1.165, 1.54) is 0 Å². The highest BCUT2D eigenvalue weighted by molar-refractivity contribution is 6.29. The van der Waals surface area contributed by atoms with E-state index in [0.717, 1.165) is 5.69 Å². The average molecular weight is 255 g/mol. The van der Waals surface area contributed by atoms with Gasteiger partial charge >= 0.3 is 0 Å². The molecule has 0 aliphatic rings. The molecule has 0 spiro atoms. The van der Waals surface area contributed by atoms with Crippen molar-refractivity contribution in [3.05, 3.63) is 28.5 Å². The third kappa shape index (κ3) is 4.35. The number of hydrogen-bond donors (Lipinski definition) is 1. The summed E-state index contributed by atoms with van der Waals surface area (Å²) in [4.78, 5) is 15.9. The van der Waals surface area contributed by atoms with Crippen LogP contribution in [0.25, 0.3) is 0 Å². The van der Waals surface area contributed by atoms with Crippen molar-refractivity contribution in [1.29, 1.82) is 0 Å². The molecule has 0 fully saturated rings. The summed E-state index contributed by atoms with van der Waals surface area (Å²) in [7, 11) is 0. The fraction of sp³-hybridized carbons (Fsp3) is 0.538. The fourth-order valence-electron chi connectivity index (χ4n) is 1.35. The Kier molecular flexibility index (Phi) is 4.94. The second-order valence-corrected chi connectivity index (χ2v) is 5.14. The molecule has 3 nitrogen and oxygen atoms in total. The quantitative estimate of drug-likeness (QED) is 0.839. The minimum absolute atomic E-state index is 0.0927. The Morgan fingerprint density at radius 1 is 1.41 bits per heavy atom. The molecule has 1 rings (SSSR count). The highest BCUT2D eigenvalue weighted by Gasteiger charge is 2.11. The van der Waals surface area contributed by atoms with Crippen molar-refractivity contribution in [1.82, 2.24) is 10.3 Å². The number of carbonyl (C=O) groups is 1. The summed E-state index contributed by atoms with van der Waals surface area (Å²) in [6, 6.07) is 3.32. The van der Waals surface area contributed by atoms with Crippen LogP contribution < -0.4 is 5.32 Å². The Bertz CT molecular complexity index is 384. The topological polar surface area (TPSA) is 42.0 Å². The van der Waals surface area contributed by atoms with Gasteiger partial charge in [-0.2, -0.15) is 0 Å². The van der Waals surface area contributed by atoms with Crippen molar-refractivity contribution in [2.75, 3.05) is 6.54 Å². The number of nitrogens with zero attached hydrogens (tertiary/aromatic N) is 1. The predicted octanol–water partition coefficient (Wildman–Crippen LogP) is 3.07. The van der Waals surface area contributed by atoms with Crippen LogP contribution in [-0.2, 0) is 0 Å². The molecule has 0 aliphatic carbocycles. The highest BCUT2D eigenvalue weighted by atomic mass is 35.5. The third-order valence-electron chi connectivity index (χ3n) is 2.91. The van der Waals surface area contributed by atoms with E-state index in [0.29, 0.717) is 29.1 Å². The lowest BCUT2D eigenvalue weighted by Gasteiger charge is -2.16. The van der Waals surface area contributed by atoms with Gasteiger partial charge in [-0.1, -0.05) is 32.4 Å². The number of hydrogen-bond acceptors (Lipinski definition) is 2. The molecule has 1 aromatic heterocycles. The van der Waals surface area contributed by atoms with Crippen LogP contribution in [0.4, 0.5) is 0 Å². The number of aryl methyl sites for hydroxylation is 1. The zero-order valence-electron chi connectivity index (χ0n) is 10.7. The minimum Gasteiger partial charge on any atom is -0.352 e. The molecule has 0 aliphatic heterocycles. The van der Waals surface area contributed by atoms with Gasteiger partial charge in [0, 0.05) is 17.8 Å². The van der Waals surface area contributed by atoms with E-state index >= 15 is 0 Å². The van der Waals surface area contributed by atoms with Crippen LogP contribution in [-0.4, -0.2) is 17.4 Å². The smallest absolute Gasteiger partial charge is 0.251 e. The molecule has 1 atom stereocenters. The van der Waals surface area contributed by atoms with E-state index in [4.69, 9.17) is 11.6 Å². The van der Waals surface area contributed by atoms with Gasteiger partial charge in [0.05, 0.1) is 0 Å². The third-order valence-corrected chi connectivity index (χ3v) is 3.10. The maximum absolute atomic E-state index is 11.9. The largest absolute Gasteiger partial charge is 0.352 e. The number of rotatable bonds is 4. The number of halogens is 1. The number of amides is 1. The van der Waals surface area contributed by atoms with Gasteiger partial charge in [0.25, 0.3) is 5.91 Å². The van der Waals surface area contributed by atoms with Gasteiger partial charge in [0.1, 0.15) is 5.15 Å². The lowest BCUT2D eigenvalue weighted by Crippen LogP contribution is -2.30. The normalized spacial score (nSPS) is 12.6. The van der Waals surface area contributed by atoms with Gasteiger partial charge in [-0.05, 0) is 30.9 Å². The molecule has 1 aromatic rings. The Morgan fingerprint density at radius 3 is 2.59 bits per heavy atom. The van der Waals surface area contributed by atoms with E-state index in [1.54, 1.807) is 12.1 Å². The van der Waals surface area contributed by atoms with Crippen molar-refractivity contribution in [2.24, 2.45) is 11.8 Å². The Balaban J connectivity index is 2.64. The molecule has 1 amide bonds. The lowest BCUT2D eigenvalue weighted by atomic mass is 9.98. The maximum atomic E-state index is 11.9. The molecular weight excluding hydrogens is 236 g/mol. The van der Waals surface area contributed by atoms with Gasteiger partial charge in [0.15, 0.2) is 0 Å². The molecular formula is C13H19ClN2O. The van der Waals surface area contributed by atoms with Gasteiger partial charge in [-0.25, -0.2) is 4.98 Å². The number of nitrogens with one attached hydrogen (secondary N) is 1. The monoisotopic (exact) mass is 254 g/mol. The summed E-state index contributed by atoms with van der Waals surface area (Å²) < 4.78 is 0. The summed E-state index contributed by atoms with van der Waals surface area (Å²) in [5.41, 5.74) is 1.32. The highest BCUT2D eigenvalue weighted by Crippen LogP contribution is 2.11. The first-order valence-corrected chi connectivity index (χ1v) is 6.20. The Hall–Kier alpha value is -1.09. The maximum Gasteiger partial charge on any atom is 0.251 e. The van der Waals surface area contributed by atoms with E-state index in [9.17, 15) is 4.79 Å². The standard InChI is InChI=1S/C13H19ClN2O/c1-8(2)9(3)7-15-13(17)11-5-10(4)16-12(14)6-11/h5-6,8-9H,7H2,1-4H3,(H,15,17). The predicted molar refractivity (Wildman–Crippen MR) is 70.3 cm³/mol. The van der Waals surface area contributed by atoms with Crippen molar-refractivity contribution in [3.63, 3.8) is 0 Å². The molecule has 4 heteroatoms. The molecule has 0 radical (unpaired) electrons. The van der Waals surface area contributed by atoms with Gasteiger partial charge in [0.2, 0.25) is 0 Å². The van der Waals surface area contributed by atoms with Crippen LogP contribution in [0.5, 0.6) is 0 Å². The molecule has 94 valence electrons. The van der Waals surface area contributed by atoms with Crippen LogP contribution in [0.1, 0.15) is 36.8 Å². The first-order valence-electron chi connectivity index (χ1n) is 5.82. The number of pyridine rings is 1. The molecule has 0 saturated carbocycles. The van der Waals surface area contributed by atoms with Gasteiger partial charge in [-0.3, -0.25) is 4.79 Å². The zero-order chi connectivity index (χ0) is 13.0. The van der Waals surface area contributed by atoms with Crippen LogP contribution in [0, 0.1) is 18.8 Å². The molecule has 0 bridgehead atoms. The van der Waals surface area contributed by atoms with Crippen molar-refractivity contribution >= 4 is 17.5 Å². The van der Waals surface area contributed by atoms with Gasteiger partial charge in [-0.15, -0.1) is 0 Å². The summed E-state index contributed by atoms with van der Waals surface area (Å²) >= 11 is 5.82. The second-order valence-electron chi connectivity index (χ2n) is 4.75. The van der Waals surface area contributed by atoms with Crippen LogP contribution in [0.15, 0.2) is 12.1 Å². The van der Waals surface area contributed by atoms with E-state index in [2.05, 4.69) is 31.1 Å². The van der Waals surface area contributed by atoms with Crippen molar-refractivity contribution in [2.45, 2.75) is 27.7 Å². The van der Waals surface area contributed by atoms with E-state index < -0.39 is 0 Å². The zero-order valence-corrected chi connectivity index (χ0v) is 11.5. The summed E-state index contributed by atoms with van der Waals surface area (Å²) in [5.74, 6) is 0.917. The average Bonchev–Trinajstić information content (AvgIpc) is 2.23. The Labute approximate surface area is 108 Å². The van der Waals surface area contributed by atoms with Crippen LogP contribution in [0.2, 0.25) is 5.15 Å². The summed E-state index contributed by atoms with van der Waals surface area (Å²) in [6.07, 6.45) is 0. The van der Waals surface area contributed by atoms with Crippen LogP contribution in [0.3, 0.4) is 0 Å². The van der Waals surface area contributed by atoms with Crippen LogP contribution >= 0.6 is 11.6 Å². The Morgan fingerprint density at radius 2 is 2.06 bits per heavy atom. The number of aromatic nitrogens is 1.